The van der Waals surface area contributed by atoms with E-state index in [9.17, 15) is 26.9 Å². The van der Waals surface area contributed by atoms with Gasteiger partial charge in [0.1, 0.15) is 0 Å². The molecule has 0 N–H and O–H groups in total. The third-order valence-corrected chi connectivity index (χ3v) is 7.29. The number of ether oxygens (including phenoxy) is 1. The van der Waals surface area contributed by atoms with Crippen molar-refractivity contribution in [3.63, 3.8) is 0 Å². The van der Waals surface area contributed by atoms with Crippen molar-refractivity contribution in [2.24, 2.45) is 5.92 Å². The molecule has 1 heterocycles. The molecule has 1 aliphatic carbocycles. The Morgan fingerprint density at radius 3 is 2.32 bits per heavy atom. The van der Waals surface area contributed by atoms with Crippen LogP contribution in [0.4, 0.5) is 13.2 Å². The Bertz CT molecular complexity index is 1150. The van der Waals surface area contributed by atoms with Gasteiger partial charge in [-0.1, -0.05) is 36.4 Å². The van der Waals surface area contributed by atoms with Gasteiger partial charge in [0, 0.05) is 19.6 Å². The zero-order chi connectivity index (χ0) is 24.4. The molecule has 1 saturated heterocycles. The van der Waals surface area contributed by atoms with Gasteiger partial charge in [-0.3, -0.25) is 4.90 Å². The summed E-state index contributed by atoms with van der Waals surface area (Å²) in [6, 6.07) is 16.5. The number of hydrogen-bond acceptors (Lipinski definition) is 6. The quantitative estimate of drug-likeness (QED) is 0.389. The number of alkyl halides is 3. The summed E-state index contributed by atoms with van der Waals surface area (Å²) in [6.45, 7) is 2.35. The lowest BCUT2D eigenvalue weighted by molar-refractivity contribution is -0.0500. The lowest BCUT2D eigenvalue weighted by Gasteiger charge is -2.37. The van der Waals surface area contributed by atoms with Gasteiger partial charge in [-0.15, -0.1) is 0 Å². The van der Waals surface area contributed by atoms with Crippen LogP contribution in [-0.2, 0) is 22.1 Å². The van der Waals surface area contributed by atoms with E-state index in [0.717, 1.165) is 25.5 Å². The van der Waals surface area contributed by atoms with Gasteiger partial charge in [-0.05, 0) is 54.9 Å². The van der Waals surface area contributed by atoms with Gasteiger partial charge < -0.3 is 8.92 Å². The Labute approximate surface area is 197 Å². The van der Waals surface area contributed by atoms with Gasteiger partial charge in [0.15, 0.2) is 11.5 Å². The van der Waals surface area contributed by atoms with E-state index in [1.807, 2.05) is 30.3 Å². The van der Waals surface area contributed by atoms with Gasteiger partial charge in [-0.2, -0.15) is 26.9 Å². The van der Waals surface area contributed by atoms with Crippen molar-refractivity contribution < 1.29 is 30.5 Å². The summed E-state index contributed by atoms with van der Waals surface area (Å²) in [4.78, 5) is 2.25. The smallest absolute Gasteiger partial charge is 0.489 e. The van der Waals surface area contributed by atoms with Crippen LogP contribution in [0.15, 0.2) is 48.5 Å². The van der Waals surface area contributed by atoms with E-state index in [1.165, 1.54) is 17.7 Å². The summed E-state index contributed by atoms with van der Waals surface area (Å²) in [7, 11) is -5.84. The second kappa shape index (κ2) is 9.47. The van der Waals surface area contributed by atoms with E-state index in [2.05, 4.69) is 15.2 Å². The number of nitriles is 1. The molecule has 10 heteroatoms. The number of rotatable bonds is 8. The van der Waals surface area contributed by atoms with Gasteiger partial charge in [-0.25, -0.2) is 0 Å². The topological polar surface area (TPSA) is 79.6 Å². The van der Waals surface area contributed by atoms with Gasteiger partial charge in [0.2, 0.25) is 0 Å². The Balaban J connectivity index is 1.55. The molecular formula is C24H25F3N2O4S. The van der Waals surface area contributed by atoms with E-state index >= 15 is 0 Å². The molecule has 182 valence electrons. The minimum absolute atomic E-state index is 0.0986. The molecule has 6 nitrogen and oxygen atoms in total. The first-order valence-corrected chi connectivity index (χ1v) is 12.5. The van der Waals surface area contributed by atoms with Crippen LogP contribution in [0, 0.1) is 17.2 Å². The number of nitrogens with zero attached hydrogens (tertiary/aromatic N) is 2. The molecule has 0 bridgehead atoms. The van der Waals surface area contributed by atoms with Crippen LogP contribution in [0.5, 0.6) is 11.5 Å². The van der Waals surface area contributed by atoms with Crippen LogP contribution in [0.3, 0.4) is 0 Å². The molecule has 0 amide bonds. The summed E-state index contributed by atoms with van der Waals surface area (Å²) >= 11 is 0. The second-order valence-corrected chi connectivity index (χ2v) is 10.4. The fourth-order valence-corrected chi connectivity index (χ4v) is 4.51. The summed E-state index contributed by atoms with van der Waals surface area (Å²) < 4.78 is 71.7. The zero-order valence-electron chi connectivity index (χ0n) is 18.4. The summed E-state index contributed by atoms with van der Waals surface area (Å²) in [6.07, 6.45) is 2.94. The first kappa shape index (κ1) is 24.4. The monoisotopic (exact) mass is 494 g/mol. The minimum Gasteiger partial charge on any atom is -0.489 e. The maximum atomic E-state index is 12.9. The molecule has 4 rings (SSSR count). The molecule has 2 fully saturated rings. The third-order valence-electron chi connectivity index (χ3n) is 6.32. The number of benzene rings is 2. The van der Waals surface area contributed by atoms with Crippen molar-refractivity contribution in [1.29, 1.82) is 5.26 Å². The van der Waals surface area contributed by atoms with Crippen LogP contribution in [0.1, 0.15) is 36.8 Å². The SMILES string of the molecule is N#CC1(c2ccc(OS(=O)(=O)C(F)(F)F)c(OCC3CC3)c2)CCN(Cc2ccccc2)CC1. The van der Waals surface area contributed by atoms with Crippen LogP contribution in [0.2, 0.25) is 0 Å². The first-order valence-electron chi connectivity index (χ1n) is 11.1. The number of halogens is 3. The highest BCUT2D eigenvalue weighted by Crippen LogP contribution is 2.41. The first-order chi connectivity index (χ1) is 16.1. The Morgan fingerprint density at radius 1 is 1.06 bits per heavy atom. The van der Waals surface area contributed by atoms with Crippen molar-refractivity contribution in [3.05, 3.63) is 59.7 Å². The second-order valence-electron chi connectivity index (χ2n) is 8.85. The normalized spacial score (nSPS) is 18.8. The molecule has 34 heavy (non-hydrogen) atoms. The molecule has 0 spiro atoms. The van der Waals surface area contributed by atoms with Crippen molar-refractivity contribution in [1.82, 2.24) is 4.90 Å². The highest BCUT2D eigenvalue weighted by atomic mass is 32.2. The third kappa shape index (κ3) is 5.47. The van der Waals surface area contributed by atoms with E-state index in [4.69, 9.17) is 4.74 Å². The molecule has 1 aliphatic heterocycles. The summed E-state index contributed by atoms with van der Waals surface area (Å²) in [5.74, 6) is -0.350. The Hall–Kier alpha value is -2.77. The summed E-state index contributed by atoms with van der Waals surface area (Å²) in [5.41, 5.74) is -4.66. The highest BCUT2D eigenvalue weighted by molar-refractivity contribution is 7.88. The van der Waals surface area contributed by atoms with Crippen molar-refractivity contribution in [2.75, 3.05) is 19.7 Å². The molecule has 0 radical (unpaired) electrons. The van der Waals surface area contributed by atoms with E-state index in [0.29, 0.717) is 31.5 Å². The molecular weight excluding hydrogens is 469 g/mol. The largest absolute Gasteiger partial charge is 0.534 e. The maximum Gasteiger partial charge on any atom is 0.534 e. The average molecular weight is 495 g/mol. The fourth-order valence-electron chi connectivity index (χ4n) is 4.04. The van der Waals surface area contributed by atoms with Crippen molar-refractivity contribution in [2.45, 2.75) is 43.2 Å². The maximum absolute atomic E-state index is 12.9. The van der Waals surface area contributed by atoms with Gasteiger partial charge in [0.05, 0.1) is 18.1 Å². The van der Waals surface area contributed by atoms with E-state index in [1.54, 1.807) is 0 Å². The minimum atomic E-state index is -5.84. The number of hydrogen-bond donors (Lipinski definition) is 0. The fraction of sp³-hybridized carbons (Fsp3) is 0.458. The number of piperidine rings is 1. The summed E-state index contributed by atoms with van der Waals surface area (Å²) in [5, 5.41) is 10.1. The molecule has 2 aromatic rings. The Kier molecular flexibility index (Phi) is 6.78. The van der Waals surface area contributed by atoms with E-state index in [-0.39, 0.29) is 18.3 Å². The van der Waals surface area contributed by atoms with Crippen molar-refractivity contribution >= 4 is 10.1 Å². The molecule has 0 aromatic heterocycles. The lowest BCUT2D eigenvalue weighted by atomic mass is 9.74. The Morgan fingerprint density at radius 2 is 1.74 bits per heavy atom. The standard InChI is InChI=1S/C24H25F3N2O4S/c25-24(26,27)34(30,31)33-21-9-8-20(14-22(21)32-16-19-6-7-19)23(17-28)10-12-29(13-11-23)15-18-4-2-1-3-5-18/h1-5,8-9,14,19H,6-7,10-13,15-16H2. The van der Waals surface area contributed by atoms with Crippen LogP contribution in [0.25, 0.3) is 0 Å². The predicted molar refractivity (Wildman–Crippen MR) is 119 cm³/mol. The van der Waals surface area contributed by atoms with Gasteiger partial charge in [0.25, 0.3) is 0 Å². The van der Waals surface area contributed by atoms with Gasteiger partial charge >= 0.3 is 15.6 Å². The predicted octanol–water partition coefficient (Wildman–Crippen LogP) is 4.76. The highest BCUT2D eigenvalue weighted by Gasteiger charge is 2.49. The van der Waals surface area contributed by atoms with Crippen LogP contribution >= 0.6 is 0 Å². The lowest BCUT2D eigenvalue weighted by Crippen LogP contribution is -2.41. The van der Waals surface area contributed by atoms with E-state index < -0.39 is 26.8 Å². The zero-order valence-corrected chi connectivity index (χ0v) is 19.2. The molecule has 0 atom stereocenters. The number of likely N-dealkylation sites (tertiary alicyclic amines) is 1. The average Bonchev–Trinajstić information content (AvgIpc) is 3.63. The van der Waals surface area contributed by atoms with Crippen LogP contribution < -0.4 is 8.92 Å². The molecule has 2 aliphatic rings. The molecule has 1 saturated carbocycles. The molecule has 0 unspecified atom stereocenters. The molecule has 2 aromatic carbocycles. The van der Waals surface area contributed by atoms with Crippen molar-refractivity contribution in [3.8, 4) is 17.6 Å². The van der Waals surface area contributed by atoms with Crippen LogP contribution in [-0.4, -0.2) is 38.5 Å².